The van der Waals surface area contributed by atoms with Gasteiger partial charge in [-0.05, 0) is 49.2 Å². The first-order valence-corrected chi connectivity index (χ1v) is 13.5. The van der Waals surface area contributed by atoms with Crippen LogP contribution in [0.15, 0.2) is 87.2 Å². The van der Waals surface area contributed by atoms with Gasteiger partial charge in [-0.3, -0.25) is 4.79 Å². The number of nitrogens with one attached hydrogen (secondary N) is 1. The normalized spacial score (nSPS) is 14.9. The number of para-hydroxylation sites is 2. The Bertz CT molecular complexity index is 1670. The van der Waals surface area contributed by atoms with E-state index in [0.29, 0.717) is 16.7 Å². The number of benzene rings is 2. The van der Waals surface area contributed by atoms with E-state index in [1.165, 1.54) is 6.26 Å². The summed E-state index contributed by atoms with van der Waals surface area (Å²) in [6, 6.07) is 18.7. The van der Waals surface area contributed by atoms with E-state index in [1.54, 1.807) is 48.5 Å². The average molecular weight is 501 g/mol. The van der Waals surface area contributed by atoms with E-state index in [-0.39, 0.29) is 32.9 Å². The minimum Gasteiger partial charge on any atom is -0.459 e. The molecule has 3 heterocycles. The molecule has 6 rings (SSSR count). The Morgan fingerprint density at radius 3 is 2.28 bits per heavy atom. The van der Waals surface area contributed by atoms with Crippen LogP contribution in [0, 0.1) is 0 Å². The molecular formula is C27H24N4O4S. The third-order valence-corrected chi connectivity index (χ3v) is 8.51. The van der Waals surface area contributed by atoms with Crippen molar-refractivity contribution in [2.45, 2.75) is 47.9 Å². The first kappa shape index (κ1) is 22.5. The molecule has 0 atom stereocenters. The maximum Gasteiger partial charge on any atom is 0.292 e. The van der Waals surface area contributed by atoms with Gasteiger partial charge in [-0.2, -0.15) is 0 Å². The fourth-order valence-corrected chi connectivity index (χ4v) is 6.55. The van der Waals surface area contributed by atoms with E-state index in [1.807, 2.05) is 22.8 Å². The molecule has 1 saturated carbocycles. The Hall–Kier alpha value is -3.98. The highest BCUT2D eigenvalue weighted by Crippen LogP contribution is 2.42. The van der Waals surface area contributed by atoms with E-state index < -0.39 is 15.7 Å². The number of hydrogen-bond acceptors (Lipinski definition) is 6. The molecule has 5 aromatic rings. The molecule has 36 heavy (non-hydrogen) atoms. The molecule has 1 fully saturated rings. The van der Waals surface area contributed by atoms with Gasteiger partial charge in [-0.1, -0.05) is 49.6 Å². The van der Waals surface area contributed by atoms with Gasteiger partial charge < -0.3 is 14.3 Å². The van der Waals surface area contributed by atoms with Gasteiger partial charge in [0.25, 0.3) is 5.91 Å². The Balaban J connectivity index is 1.69. The number of rotatable bonds is 5. The van der Waals surface area contributed by atoms with Crippen molar-refractivity contribution in [3.8, 4) is 0 Å². The summed E-state index contributed by atoms with van der Waals surface area (Å²) < 4.78 is 35.4. The van der Waals surface area contributed by atoms with Crippen molar-refractivity contribution in [1.29, 1.82) is 0 Å². The molecule has 0 unspecified atom stereocenters. The number of sulfone groups is 1. The lowest BCUT2D eigenvalue weighted by Crippen LogP contribution is -2.21. The lowest BCUT2D eigenvalue weighted by atomic mass is 9.95. The molecule has 0 aliphatic heterocycles. The fraction of sp³-hybridized carbons (Fsp3) is 0.222. The zero-order valence-electron chi connectivity index (χ0n) is 19.4. The second kappa shape index (κ2) is 8.91. The van der Waals surface area contributed by atoms with Crippen molar-refractivity contribution in [2.75, 3.05) is 5.32 Å². The zero-order valence-corrected chi connectivity index (χ0v) is 20.2. The predicted octanol–water partition coefficient (Wildman–Crippen LogP) is 5.77. The lowest BCUT2D eigenvalue weighted by molar-refractivity contribution is 0.0995. The molecule has 0 saturated heterocycles. The van der Waals surface area contributed by atoms with Crippen LogP contribution in [0.1, 0.15) is 48.7 Å². The molecule has 1 aliphatic rings. The van der Waals surface area contributed by atoms with E-state index >= 15 is 0 Å². The summed E-state index contributed by atoms with van der Waals surface area (Å²) in [5, 5.41) is 2.87. The van der Waals surface area contributed by atoms with Gasteiger partial charge in [0.15, 0.2) is 11.4 Å². The summed E-state index contributed by atoms with van der Waals surface area (Å²) in [5.41, 5.74) is 1.94. The first-order chi connectivity index (χ1) is 17.5. The number of hydrogen-bond donors (Lipinski definition) is 1. The van der Waals surface area contributed by atoms with Crippen molar-refractivity contribution in [2.24, 2.45) is 0 Å². The number of furan rings is 1. The van der Waals surface area contributed by atoms with Crippen LogP contribution in [0.5, 0.6) is 0 Å². The third kappa shape index (κ3) is 3.76. The van der Waals surface area contributed by atoms with Crippen molar-refractivity contribution in [3.05, 3.63) is 78.8 Å². The average Bonchev–Trinajstić information content (AvgIpc) is 3.55. The highest BCUT2D eigenvalue weighted by atomic mass is 32.2. The predicted molar refractivity (Wildman–Crippen MR) is 136 cm³/mol. The monoisotopic (exact) mass is 500 g/mol. The van der Waals surface area contributed by atoms with Crippen LogP contribution >= 0.6 is 0 Å². The molecule has 182 valence electrons. The number of fused-ring (bicyclic) bond motifs is 2. The molecule has 3 aromatic heterocycles. The number of nitrogens with zero attached hydrogens (tertiary/aromatic N) is 3. The number of anilines is 1. The first-order valence-electron chi connectivity index (χ1n) is 12.0. The van der Waals surface area contributed by atoms with Crippen LogP contribution in [-0.2, 0) is 9.84 Å². The van der Waals surface area contributed by atoms with Crippen LogP contribution in [0.3, 0.4) is 0 Å². The minimum absolute atomic E-state index is 0.0247. The maximum absolute atomic E-state index is 14.1. The van der Waals surface area contributed by atoms with Gasteiger partial charge in [0, 0.05) is 6.04 Å². The minimum atomic E-state index is -4.07. The topological polar surface area (TPSA) is 107 Å². The molecule has 0 bridgehead atoms. The highest BCUT2D eigenvalue weighted by Gasteiger charge is 2.35. The number of carbonyl (C=O) groups is 1. The summed E-state index contributed by atoms with van der Waals surface area (Å²) >= 11 is 0. The summed E-state index contributed by atoms with van der Waals surface area (Å²) in [7, 11) is -4.07. The SMILES string of the molecule is O=C(Nc1c(S(=O)(=O)c2ccccc2)c2nc3ccccc3nc2n1C1CCCCC1)c1ccco1. The Morgan fingerprint density at radius 2 is 1.58 bits per heavy atom. The maximum atomic E-state index is 14.1. The van der Waals surface area contributed by atoms with E-state index in [9.17, 15) is 13.2 Å². The standard InChI is InChI=1S/C27H24N4O4S/c32-27(22-16-9-17-35-22)30-26-24(36(33,34)19-12-5-2-6-13-19)23-25(31(26)18-10-3-1-4-11-18)29-21-15-8-7-14-20(21)28-23/h2,5-9,12-18H,1,3-4,10-11H2,(H,30,32). The van der Waals surface area contributed by atoms with E-state index in [4.69, 9.17) is 14.4 Å². The van der Waals surface area contributed by atoms with Crippen LogP contribution in [0.4, 0.5) is 5.82 Å². The van der Waals surface area contributed by atoms with Crippen molar-refractivity contribution >= 4 is 43.8 Å². The third-order valence-electron chi connectivity index (χ3n) is 6.69. The van der Waals surface area contributed by atoms with Gasteiger partial charge in [0.05, 0.1) is 22.2 Å². The van der Waals surface area contributed by atoms with Crippen LogP contribution in [-0.4, -0.2) is 28.9 Å². The van der Waals surface area contributed by atoms with Crippen molar-refractivity contribution in [3.63, 3.8) is 0 Å². The second-order valence-corrected chi connectivity index (χ2v) is 10.9. The molecule has 0 radical (unpaired) electrons. The van der Waals surface area contributed by atoms with Crippen LogP contribution in [0.25, 0.3) is 22.2 Å². The fourth-order valence-electron chi connectivity index (χ4n) is 5.00. The zero-order chi connectivity index (χ0) is 24.7. The smallest absolute Gasteiger partial charge is 0.292 e. The van der Waals surface area contributed by atoms with E-state index in [0.717, 1.165) is 32.1 Å². The number of amides is 1. The summed E-state index contributed by atoms with van der Waals surface area (Å²) in [6.07, 6.45) is 6.26. The molecule has 2 aromatic carbocycles. The Morgan fingerprint density at radius 1 is 0.889 bits per heavy atom. The Labute approximate surface area is 207 Å². The molecule has 8 nitrogen and oxygen atoms in total. The number of aromatic nitrogens is 3. The summed E-state index contributed by atoms with van der Waals surface area (Å²) in [5.74, 6) is -0.268. The largest absolute Gasteiger partial charge is 0.459 e. The molecule has 1 N–H and O–H groups in total. The van der Waals surface area contributed by atoms with Gasteiger partial charge in [0.1, 0.15) is 16.2 Å². The molecule has 9 heteroatoms. The van der Waals surface area contributed by atoms with Gasteiger partial charge in [-0.25, -0.2) is 18.4 Å². The van der Waals surface area contributed by atoms with E-state index in [2.05, 4.69) is 5.32 Å². The summed E-state index contributed by atoms with van der Waals surface area (Å²) in [4.78, 5) is 22.9. The lowest BCUT2D eigenvalue weighted by Gasteiger charge is -2.26. The molecule has 1 aliphatic carbocycles. The molecular weight excluding hydrogens is 476 g/mol. The highest BCUT2D eigenvalue weighted by molar-refractivity contribution is 7.92. The second-order valence-electron chi connectivity index (χ2n) is 8.97. The van der Waals surface area contributed by atoms with Gasteiger partial charge >= 0.3 is 0 Å². The quantitative estimate of drug-likeness (QED) is 0.328. The van der Waals surface area contributed by atoms with Gasteiger partial charge in [0.2, 0.25) is 9.84 Å². The molecule has 1 amide bonds. The summed E-state index contributed by atoms with van der Waals surface area (Å²) in [6.45, 7) is 0. The van der Waals surface area contributed by atoms with Crippen molar-refractivity contribution < 1.29 is 17.6 Å². The van der Waals surface area contributed by atoms with Crippen LogP contribution < -0.4 is 5.32 Å². The van der Waals surface area contributed by atoms with Crippen LogP contribution in [0.2, 0.25) is 0 Å². The number of carbonyl (C=O) groups excluding carboxylic acids is 1. The Kier molecular flexibility index (Phi) is 5.56. The molecule has 0 spiro atoms. The van der Waals surface area contributed by atoms with Gasteiger partial charge in [-0.15, -0.1) is 0 Å². The van der Waals surface area contributed by atoms with Crippen molar-refractivity contribution in [1.82, 2.24) is 14.5 Å².